The van der Waals surface area contributed by atoms with Crippen molar-refractivity contribution in [1.82, 2.24) is 0 Å². The fourth-order valence-electron chi connectivity index (χ4n) is 1.57. The Labute approximate surface area is 112 Å². The van der Waals surface area contributed by atoms with E-state index in [9.17, 15) is 8.60 Å². The average molecular weight is 284 g/mol. The molecule has 2 aromatic carbocycles. The Morgan fingerprint density at radius 1 is 1.17 bits per heavy atom. The summed E-state index contributed by atoms with van der Waals surface area (Å²) in [6, 6.07) is 11.5. The fourth-order valence-corrected chi connectivity index (χ4v) is 2.98. The fraction of sp³-hybridized carbons (Fsp3) is 0.0769. The second kappa shape index (κ2) is 5.50. The van der Waals surface area contributed by atoms with Gasteiger partial charge in [-0.25, -0.2) is 4.39 Å². The lowest BCUT2D eigenvalue weighted by molar-refractivity contribution is 0.615. The van der Waals surface area contributed by atoms with Gasteiger partial charge in [0.05, 0.1) is 26.5 Å². The summed E-state index contributed by atoms with van der Waals surface area (Å²) in [5.41, 5.74) is 6.50. The summed E-state index contributed by atoms with van der Waals surface area (Å²) in [6.45, 7) is 0. The lowest BCUT2D eigenvalue weighted by Gasteiger charge is -2.07. The Bertz CT molecular complexity index is 603. The van der Waals surface area contributed by atoms with E-state index in [0.29, 0.717) is 16.1 Å². The van der Waals surface area contributed by atoms with E-state index in [4.69, 9.17) is 17.3 Å². The van der Waals surface area contributed by atoms with Crippen LogP contribution in [0.4, 0.5) is 10.1 Å². The number of hydrogen-bond donors (Lipinski definition) is 1. The first kappa shape index (κ1) is 13.1. The van der Waals surface area contributed by atoms with Crippen molar-refractivity contribution < 1.29 is 8.60 Å². The van der Waals surface area contributed by atoms with E-state index < -0.39 is 16.6 Å². The number of benzene rings is 2. The lowest BCUT2D eigenvalue weighted by atomic mass is 10.2. The summed E-state index contributed by atoms with van der Waals surface area (Å²) < 4.78 is 25.8. The van der Waals surface area contributed by atoms with Gasteiger partial charge in [-0.15, -0.1) is 0 Å². The molecule has 2 N–H and O–H groups in total. The molecule has 0 aliphatic rings. The van der Waals surface area contributed by atoms with Gasteiger partial charge in [0, 0.05) is 11.3 Å². The molecular weight excluding hydrogens is 273 g/mol. The highest BCUT2D eigenvalue weighted by molar-refractivity contribution is 7.84. The van der Waals surface area contributed by atoms with Gasteiger partial charge in [-0.2, -0.15) is 0 Å². The van der Waals surface area contributed by atoms with Crippen molar-refractivity contribution in [3.8, 4) is 0 Å². The molecule has 0 saturated carbocycles. The molecule has 2 nitrogen and oxygen atoms in total. The molecule has 2 rings (SSSR count). The maximum Gasteiger partial charge on any atom is 0.145 e. The molecule has 0 heterocycles. The standard InChI is InChI=1S/C13H11ClFNOS/c14-10-5-3-4-9(13(10)15)8-18(17)12-7-2-1-6-11(12)16/h1-7H,8,16H2. The van der Waals surface area contributed by atoms with E-state index in [1.165, 1.54) is 6.07 Å². The molecule has 0 bridgehead atoms. The number of para-hydroxylation sites is 1. The second-order valence-corrected chi connectivity index (χ2v) is 5.57. The average Bonchev–Trinajstić information content (AvgIpc) is 2.35. The van der Waals surface area contributed by atoms with E-state index in [2.05, 4.69) is 0 Å². The maximum atomic E-state index is 13.7. The zero-order chi connectivity index (χ0) is 13.1. The molecule has 18 heavy (non-hydrogen) atoms. The van der Waals surface area contributed by atoms with E-state index in [-0.39, 0.29) is 10.8 Å². The minimum absolute atomic E-state index is 0.0329. The number of nitrogens with two attached hydrogens (primary N) is 1. The zero-order valence-corrected chi connectivity index (χ0v) is 11.0. The van der Waals surface area contributed by atoms with Crippen LogP contribution in [0.25, 0.3) is 0 Å². The minimum Gasteiger partial charge on any atom is -0.398 e. The summed E-state index contributed by atoms with van der Waals surface area (Å²) in [5, 5.41) is 0.0329. The summed E-state index contributed by atoms with van der Waals surface area (Å²) >= 11 is 5.68. The number of anilines is 1. The van der Waals surface area contributed by atoms with Gasteiger partial charge in [0.15, 0.2) is 0 Å². The predicted octanol–water partition coefficient (Wildman–Crippen LogP) is 3.37. The summed E-state index contributed by atoms with van der Waals surface area (Å²) in [4.78, 5) is 0.511. The van der Waals surface area contributed by atoms with Gasteiger partial charge < -0.3 is 5.73 Å². The molecule has 0 aliphatic carbocycles. The second-order valence-electron chi connectivity index (χ2n) is 3.74. The van der Waals surface area contributed by atoms with Crippen LogP contribution in [-0.2, 0) is 16.6 Å². The predicted molar refractivity (Wildman–Crippen MR) is 72.4 cm³/mol. The molecule has 0 amide bonds. The first-order chi connectivity index (χ1) is 8.59. The van der Waals surface area contributed by atoms with Crippen LogP contribution in [0, 0.1) is 5.82 Å². The molecule has 0 radical (unpaired) electrons. The number of hydrogen-bond acceptors (Lipinski definition) is 2. The summed E-state index contributed by atoms with van der Waals surface area (Å²) in [7, 11) is -1.39. The number of nitrogen functional groups attached to an aromatic ring is 1. The maximum absolute atomic E-state index is 13.7. The molecule has 1 unspecified atom stereocenters. The summed E-state index contributed by atoms with van der Waals surface area (Å²) in [6.07, 6.45) is 0. The highest BCUT2D eigenvalue weighted by Gasteiger charge is 2.12. The van der Waals surface area contributed by atoms with E-state index in [1.54, 1.807) is 36.4 Å². The van der Waals surface area contributed by atoms with Crippen molar-refractivity contribution in [3.05, 3.63) is 58.9 Å². The van der Waals surface area contributed by atoms with Gasteiger partial charge in [-0.05, 0) is 18.2 Å². The number of rotatable bonds is 3. The lowest BCUT2D eigenvalue weighted by Crippen LogP contribution is -2.02. The highest BCUT2D eigenvalue weighted by Crippen LogP contribution is 2.23. The first-order valence-electron chi connectivity index (χ1n) is 5.25. The van der Waals surface area contributed by atoms with Crippen LogP contribution in [0.5, 0.6) is 0 Å². The van der Waals surface area contributed by atoms with Crippen molar-refractivity contribution >= 4 is 28.1 Å². The third-order valence-electron chi connectivity index (χ3n) is 2.48. The van der Waals surface area contributed by atoms with Crippen molar-refractivity contribution in [2.24, 2.45) is 0 Å². The Morgan fingerprint density at radius 3 is 2.61 bits per heavy atom. The smallest absolute Gasteiger partial charge is 0.145 e. The van der Waals surface area contributed by atoms with Gasteiger partial charge in [-0.3, -0.25) is 4.21 Å². The van der Waals surface area contributed by atoms with Gasteiger partial charge >= 0.3 is 0 Å². The molecule has 1 atom stereocenters. The van der Waals surface area contributed by atoms with Crippen LogP contribution in [0.2, 0.25) is 5.02 Å². The van der Waals surface area contributed by atoms with E-state index in [0.717, 1.165) is 0 Å². The highest BCUT2D eigenvalue weighted by atomic mass is 35.5. The van der Waals surface area contributed by atoms with Crippen molar-refractivity contribution in [2.45, 2.75) is 10.6 Å². The van der Waals surface area contributed by atoms with Gasteiger partial charge in [-0.1, -0.05) is 35.9 Å². The Hall–Kier alpha value is -1.39. The monoisotopic (exact) mass is 283 g/mol. The molecule has 0 spiro atoms. The molecule has 0 fully saturated rings. The quantitative estimate of drug-likeness (QED) is 0.878. The van der Waals surface area contributed by atoms with E-state index >= 15 is 0 Å². The van der Waals surface area contributed by atoms with Crippen LogP contribution in [0.1, 0.15) is 5.56 Å². The summed E-state index contributed by atoms with van der Waals surface area (Å²) in [5.74, 6) is -0.470. The Balaban J connectivity index is 2.27. The van der Waals surface area contributed by atoms with Crippen molar-refractivity contribution in [2.75, 3.05) is 5.73 Å². The molecule has 0 aliphatic heterocycles. The third kappa shape index (κ3) is 2.71. The van der Waals surface area contributed by atoms with Gasteiger partial charge in [0.2, 0.25) is 0 Å². The Kier molecular flexibility index (Phi) is 3.99. The topological polar surface area (TPSA) is 43.1 Å². The SMILES string of the molecule is Nc1ccccc1S(=O)Cc1cccc(Cl)c1F. The normalized spacial score (nSPS) is 12.3. The minimum atomic E-state index is -1.39. The molecule has 0 aromatic heterocycles. The molecule has 5 heteroatoms. The van der Waals surface area contributed by atoms with Gasteiger partial charge in [0.1, 0.15) is 5.82 Å². The van der Waals surface area contributed by atoms with Crippen LogP contribution >= 0.6 is 11.6 Å². The molecule has 2 aromatic rings. The van der Waals surface area contributed by atoms with Crippen LogP contribution in [-0.4, -0.2) is 4.21 Å². The van der Waals surface area contributed by atoms with Gasteiger partial charge in [0.25, 0.3) is 0 Å². The van der Waals surface area contributed by atoms with Crippen molar-refractivity contribution in [3.63, 3.8) is 0 Å². The van der Waals surface area contributed by atoms with E-state index in [1.807, 2.05) is 0 Å². The largest absolute Gasteiger partial charge is 0.398 e. The number of halogens is 2. The first-order valence-corrected chi connectivity index (χ1v) is 6.95. The molecule has 0 saturated heterocycles. The molecule has 94 valence electrons. The van der Waals surface area contributed by atoms with Crippen LogP contribution in [0.15, 0.2) is 47.4 Å². The zero-order valence-electron chi connectivity index (χ0n) is 9.40. The molecular formula is C13H11ClFNOS. The van der Waals surface area contributed by atoms with Crippen LogP contribution in [0.3, 0.4) is 0 Å². The Morgan fingerprint density at radius 2 is 1.89 bits per heavy atom. The van der Waals surface area contributed by atoms with Crippen LogP contribution < -0.4 is 5.73 Å². The third-order valence-corrected chi connectivity index (χ3v) is 4.21. The van der Waals surface area contributed by atoms with Crippen molar-refractivity contribution in [1.29, 1.82) is 0 Å².